The van der Waals surface area contributed by atoms with Crippen LogP contribution in [0.4, 0.5) is 0 Å². The van der Waals surface area contributed by atoms with Gasteiger partial charge in [-0.2, -0.15) is 0 Å². The van der Waals surface area contributed by atoms with E-state index in [0.717, 1.165) is 39.0 Å². The van der Waals surface area contributed by atoms with Crippen LogP contribution in [-0.2, 0) is 4.74 Å². The van der Waals surface area contributed by atoms with Crippen LogP contribution in [0.3, 0.4) is 0 Å². The Morgan fingerprint density at radius 3 is 2.60 bits per heavy atom. The van der Waals surface area contributed by atoms with Crippen molar-refractivity contribution in [3.05, 3.63) is 35.9 Å². The summed E-state index contributed by atoms with van der Waals surface area (Å²) in [5.41, 5.74) is 7.07. The van der Waals surface area contributed by atoms with Crippen molar-refractivity contribution in [3.63, 3.8) is 0 Å². The molecule has 20 heavy (non-hydrogen) atoms. The summed E-state index contributed by atoms with van der Waals surface area (Å²) >= 11 is 5.13. The van der Waals surface area contributed by atoms with Crippen LogP contribution < -0.4 is 5.73 Å². The lowest BCUT2D eigenvalue weighted by Crippen LogP contribution is -2.34. The lowest BCUT2D eigenvalue weighted by molar-refractivity contribution is 0.0506. The Morgan fingerprint density at radius 2 is 2.00 bits per heavy atom. The van der Waals surface area contributed by atoms with Crippen LogP contribution in [0.5, 0.6) is 0 Å². The van der Waals surface area contributed by atoms with Gasteiger partial charge in [-0.3, -0.25) is 4.90 Å². The molecule has 2 N–H and O–H groups in total. The molecule has 1 fully saturated rings. The Labute approximate surface area is 127 Å². The van der Waals surface area contributed by atoms with Crippen LogP contribution in [0, 0.1) is 5.92 Å². The van der Waals surface area contributed by atoms with Gasteiger partial charge in [-0.1, -0.05) is 42.5 Å². The summed E-state index contributed by atoms with van der Waals surface area (Å²) in [4.78, 5) is 2.97. The van der Waals surface area contributed by atoms with Crippen LogP contribution in [0.2, 0.25) is 0 Å². The van der Waals surface area contributed by atoms with E-state index in [4.69, 9.17) is 22.7 Å². The molecule has 0 amide bonds. The van der Waals surface area contributed by atoms with Crippen molar-refractivity contribution in [2.75, 3.05) is 26.8 Å². The Hall–Kier alpha value is -0.970. The van der Waals surface area contributed by atoms with Gasteiger partial charge in [-0.05, 0) is 31.4 Å². The average Bonchev–Trinajstić information content (AvgIpc) is 2.46. The number of rotatable bonds is 6. The van der Waals surface area contributed by atoms with Crippen LogP contribution in [-0.4, -0.2) is 36.7 Å². The van der Waals surface area contributed by atoms with E-state index in [1.165, 1.54) is 5.56 Å². The third-order valence-corrected chi connectivity index (χ3v) is 4.16. The Kier molecular flexibility index (Phi) is 5.95. The monoisotopic (exact) mass is 292 g/mol. The molecule has 1 unspecified atom stereocenters. The molecule has 0 aliphatic carbocycles. The first-order valence-electron chi connectivity index (χ1n) is 7.28. The third-order valence-electron chi connectivity index (χ3n) is 4.00. The van der Waals surface area contributed by atoms with E-state index < -0.39 is 0 Å². The number of nitrogens with zero attached hydrogens (tertiary/aromatic N) is 1. The zero-order valence-electron chi connectivity index (χ0n) is 12.1. The Bertz CT molecular complexity index is 418. The minimum Gasteiger partial charge on any atom is -0.393 e. The van der Waals surface area contributed by atoms with Crippen LogP contribution in [0.15, 0.2) is 30.3 Å². The third kappa shape index (κ3) is 4.54. The summed E-state index contributed by atoms with van der Waals surface area (Å²) in [6.07, 6.45) is 3.04. The highest BCUT2D eigenvalue weighted by Crippen LogP contribution is 2.26. The van der Waals surface area contributed by atoms with Gasteiger partial charge in [0.15, 0.2) is 0 Å². The Balaban J connectivity index is 2.03. The summed E-state index contributed by atoms with van der Waals surface area (Å²) in [6, 6.07) is 10.8. The van der Waals surface area contributed by atoms with E-state index in [-0.39, 0.29) is 6.04 Å². The number of hydrogen-bond donors (Lipinski definition) is 1. The lowest BCUT2D eigenvalue weighted by atomic mass is 9.96. The molecule has 1 saturated heterocycles. The summed E-state index contributed by atoms with van der Waals surface area (Å²) in [7, 11) is 2.17. The smallest absolute Gasteiger partial charge is 0.0746 e. The van der Waals surface area contributed by atoms with Crippen molar-refractivity contribution >= 4 is 17.2 Å². The maximum Gasteiger partial charge on any atom is 0.0746 e. The van der Waals surface area contributed by atoms with E-state index in [9.17, 15) is 0 Å². The predicted molar refractivity (Wildman–Crippen MR) is 86.8 cm³/mol. The zero-order chi connectivity index (χ0) is 14.4. The van der Waals surface area contributed by atoms with Gasteiger partial charge in [-0.15, -0.1) is 0 Å². The zero-order valence-corrected chi connectivity index (χ0v) is 12.9. The van der Waals surface area contributed by atoms with E-state index in [2.05, 4.69) is 36.2 Å². The molecular weight excluding hydrogens is 268 g/mol. The van der Waals surface area contributed by atoms with E-state index >= 15 is 0 Å². The molecule has 1 aliphatic rings. The van der Waals surface area contributed by atoms with Crippen molar-refractivity contribution in [2.24, 2.45) is 11.7 Å². The van der Waals surface area contributed by atoms with Gasteiger partial charge in [0.2, 0.25) is 0 Å². The molecule has 0 spiro atoms. The average molecular weight is 292 g/mol. The van der Waals surface area contributed by atoms with Crippen molar-refractivity contribution < 1.29 is 4.74 Å². The fourth-order valence-electron chi connectivity index (χ4n) is 2.86. The molecule has 1 atom stereocenters. The van der Waals surface area contributed by atoms with Gasteiger partial charge in [-0.25, -0.2) is 0 Å². The topological polar surface area (TPSA) is 38.5 Å². The molecule has 1 aromatic rings. The highest BCUT2D eigenvalue weighted by atomic mass is 32.1. The van der Waals surface area contributed by atoms with Gasteiger partial charge in [0, 0.05) is 32.2 Å². The van der Waals surface area contributed by atoms with Crippen molar-refractivity contribution in [1.82, 2.24) is 4.90 Å². The van der Waals surface area contributed by atoms with Gasteiger partial charge in [0.25, 0.3) is 0 Å². The molecule has 3 nitrogen and oxygen atoms in total. The first-order valence-corrected chi connectivity index (χ1v) is 7.69. The fraction of sp³-hybridized carbons (Fsp3) is 0.562. The summed E-state index contributed by atoms with van der Waals surface area (Å²) in [6.45, 7) is 2.86. The normalized spacial score (nSPS) is 18.1. The molecule has 1 heterocycles. The van der Waals surface area contributed by atoms with Crippen LogP contribution in [0.25, 0.3) is 0 Å². The van der Waals surface area contributed by atoms with Crippen LogP contribution in [0.1, 0.15) is 30.9 Å². The van der Waals surface area contributed by atoms with Gasteiger partial charge in [0.1, 0.15) is 0 Å². The molecule has 4 heteroatoms. The minimum atomic E-state index is 0.275. The second-order valence-electron chi connectivity index (χ2n) is 5.59. The van der Waals surface area contributed by atoms with E-state index in [0.29, 0.717) is 10.9 Å². The summed E-state index contributed by atoms with van der Waals surface area (Å²) in [5, 5.41) is 0. The second kappa shape index (κ2) is 7.72. The van der Waals surface area contributed by atoms with Crippen molar-refractivity contribution in [3.8, 4) is 0 Å². The largest absolute Gasteiger partial charge is 0.393 e. The number of thiocarbonyl (C=S) groups is 1. The van der Waals surface area contributed by atoms with E-state index in [1.807, 2.05) is 6.07 Å². The highest BCUT2D eigenvalue weighted by molar-refractivity contribution is 7.80. The van der Waals surface area contributed by atoms with Gasteiger partial charge < -0.3 is 10.5 Å². The molecule has 0 bridgehead atoms. The van der Waals surface area contributed by atoms with Gasteiger partial charge in [0.05, 0.1) is 4.99 Å². The molecule has 1 aliphatic heterocycles. The fourth-order valence-corrected chi connectivity index (χ4v) is 3.02. The summed E-state index contributed by atoms with van der Waals surface area (Å²) in [5.74, 6) is 0.714. The van der Waals surface area contributed by atoms with Crippen molar-refractivity contribution in [2.45, 2.75) is 25.3 Å². The van der Waals surface area contributed by atoms with Crippen molar-refractivity contribution in [1.29, 1.82) is 0 Å². The molecule has 0 aromatic heterocycles. The SMILES string of the molecule is CN(CC1CCOCC1)C(CC(N)=S)c1ccccc1. The Morgan fingerprint density at radius 1 is 1.35 bits per heavy atom. The molecule has 2 rings (SSSR count). The first kappa shape index (κ1) is 15.4. The molecule has 0 radical (unpaired) electrons. The maximum atomic E-state index is 5.79. The predicted octanol–water partition coefficient (Wildman–Crippen LogP) is 2.76. The quantitative estimate of drug-likeness (QED) is 0.818. The van der Waals surface area contributed by atoms with E-state index in [1.54, 1.807) is 0 Å². The van der Waals surface area contributed by atoms with Crippen LogP contribution >= 0.6 is 12.2 Å². The number of ether oxygens (including phenoxy) is 1. The second-order valence-corrected chi connectivity index (χ2v) is 6.12. The molecule has 110 valence electrons. The molecular formula is C16H24N2OS. The molecule has 0 saturated carbocycles. The van der Waals surface area contributed by atoms with Gasteiger partial charge >= 0.3 is 0 Å². The first-order chi connectivity index (χ1) is 9.66. The number of hydrogen-bond acceptors (Lipinski definition) is 3. The highest BCUT2D eigenvalue weighted by Gasteiger charge is 2.22. The number of nitrogens with two attached hydrogens (primary N) is 1. The molecule has 1 aromatic carbocycles. The minimum absolute atomic E-state index is 0.275. The lowest BCUT2D eigenvalue weighted by Gasteiger charge is -2.33. The standard InChI is InChI=1S/C16H24N2OS/c1-18(12-13-7-9-19-10-8-13)15(11-16(17)20)14-5-3-2-4-6-14/h2-6,13,15H,7-12H2,1H3,(H2,17,20). The maximum absolute atomic E-state index is 5.79. The summed E-state index contributed by atoms with van der Waals surface area (Å²) < 4.78 is 5.43. The number of benzene rings is 1.